The molecule has 0 radical (unpaired) electrons. The molecule has 2 nitrogen and oxygen atoms in total. The van der Waals surface area contributed by atoms with E-state index in [4.69, 9.17) is 5.73 Å². The maximum absolute atomic E-state index is 5.93. The first kappa shape index (κ1) is 12.1. The highest BCUT2D eigenvalue weighted by Gasteiger charge is 2.30. The van der Waals surface area contributed by atoms with Gasteiger partial charge >= 0.3 is 0 Å². The second-order valence-electron chi connectivity index (χ2n) is 5.05. The fraction of sp³-hybridized carbons (Fsp3) is 0.692. The van der Waals surface area contributed by atoms with Crippen molar-refractivity contribution in [2.75, 3.05) is 19.6 Å². The minimum atomic E-state index is 0.448. The molecular weight excluding hydrogens is 216 g/mol. The molecule has 3 heteroatoms. The number of rotatable bonds is 4. The van der Waals surface area contributed by atoms with E-state index in [-0.39, 0.29) is 0 Å². The van der Waals surface area contributed by atoms with Crippen molar-refractivity contribution in [2.24, 2.45) is 17.6 Å². The highest BCUT2D eigenvalue weighted by Crippen LogP contribution is 2.32. The van der Waals surface area contributed by atoms with E-state index in [2.05, 4.69) is 36.3 Å². The second-order valence-corrected chi connectivity index (χ2v) is 6.03. The first-order chi connectivity index (χ1) is 7.72. The number of hydrogen-bond acceptors (Lipinski definition) is 3. The second kappa shape index (κ2) is 5.30. The molecule has 2 N–H and O–H groups in total. The Morgan fingerprint density at radius 3 is 2.88 bits per heavy atom. The van der Waals surface area contributed by atoms with Crippen molar-refractivity contribution < 1.29 is 0 Å². The van der Waals surface area contributed by atoms with Crippen LogP contribution in [0.4, 0.5) is 0 Å². The number of likely N-dealkylation sites (tertiary alicyclic amines) is 1. The lowest BCUT2D eigenvalue weighted by molar-refractivity contribution is 0.235. The van der Waals surface area contributed by atoms with E-state index in [1.54, 1.807) is 0 Å². The van der Waals surface area contributed by atoms with Crippen molar-refractivity contribution >= 4 is 11.3 Å². The number of nitrogens with zero attached hydrogens (tertiary/aromatic N) is 1. The number of nitrogens with two attached hydrogens (primary N) is 1. The summed E-state index contributed by atoms with van der Waals surface area (Å²) in [5.74, 6) is 1.65. The molecule has 1 aliphatic rings. The van der Waals surface area contributed by atoms with Gasteiger partial charge in [0.05, 0.1) is 6.04 Å². The lowest BCUT2D eigenvalue weighted by Crippen LogP contribution is -2.32. The Morgan fingerprint density at radius 1 is 1.56 bits per heavy atom. The summed E-state index contributed by atoms with van der Waals surface area (Å²) in [7, 11) is 0. The summed E-state index contributed by atoms with van der Waals surface area (Å²) in [5, 5.41) is 2.15. The lowest BCUT2D eigenvalue weighted by Gasteiger charge is -2.26. The van der Waals surface area contributed by atoms with Crippen LogP contribution in [0, 0.1) is 11.8 Å². The Kier molecular flexibility index (Phi) is 4.00. The molecular formula is C13H22N2S. The van der Waals surface area contributed by atoms with Crippen LogP contribution in [0.3, 0.4) is 0 Å². The van der Waals surface area contributed by atoms with E-state index in [0.29, 0.717) is 6.04 Å². The molecule has 2 heterocycles. The van der Waals surface area contributed by atoms with Crippen LogP contribution < -0.4 is 5.73 Å². The standard InChI is InChI=1S/C13H22N2S/c1-10(2)11-5-6-15(9-11)12(8-14)13-4-3-7-16-13/h3-4,7,10-12H,5-6,8-9,14H2,1-2H3. The van der Waals surface area contributed by atoms with E-state index in [0.717, 1.165) is 18.4 Å². The third kappa shape index (κ3) is 2.47. The summed E-state index contributed by atoms with van der Waals surface area (Å²) in [5.41, 5.74) is 5.93. The molecule has 2 atom stereocenters. The van der Waals surface area contributed by atoms with Crippen molar-refractivity contribution in [1.29, 1.82) is 0 Å². The first-order valence-electron chi connectivity index (χ1n) is 6.20. The summed E-state index contributed by atoms with van der Waals surface area (Å²) >= 11 is 1.83. The van der Waals surface area contributed by atoms with Crippen LogP contribution in [-0.2, 0) is 0 Å². The molecule has 1 saturated heterocycles. The van der Waals surface area contributed by atoms with Gasteiger partial charge in [0.2, 0.25) is 0 Å². The summed E-state index contributed by atoms with van der Waals surface area (Å²) in [4.78, 5) is 3.99. The summed E-state index contributed by atoms with van der Waals surface area (Å²) in [6, 6.07) is 4.78. The van der Waals surface area contributed by atoms with Crippen LogP contribution in [0.5, 0.6) is 0 Å². The van der Waals surface area contributed by atoms with Crippen LogP contribution in [0.15, 0.2) is 17.5 Å². The van der Waals surface area contributed by atoms with E-state index in [1.807, 2.05) is 11.3 Å². The van der Waals surface area contributed by atoms with Crippen molar-refractivity contribution in [3.8, 4) is 0 Å². The smallest absolute Gasteiger partial charge is 0.0564 e. The Morgan fingerprint density at radius 2 is 2.38 bits per heavy atom. The highest BCUT2D eigenvalue weighted by molar-refractivity contribution is 7.10. The van der Waals surface area contributed by atoms with Crippen molar-refractivity contribution in [1.82, 2.24) is 4.90 Å². The fourth-order valence-electron chi connectivity index (χ4n) is 2.57. The van der Waals surface area contributed by atoms with Crippen molar-refractivity contribution in [3.05, 3.63) is 22.4 Å². The molecule has 16 heavy (non-hydrogen) atoms. The van der Waals surface area contributed by atoms with Crippen LogP contribution in [0.2, 0.25) is 0 Å². The molecule has 0 aliphatic carbocycles. The minimum Gasteiger partial charge on any atom is -0.329 e. The molecule has 1 aromatic heterocycles. The van der Waals surface area contributed by atoms with Crippen LogP contribution in [0.25, 0.3) is 0 Å². The zero-order valence-electron chi connectivity index (χ0n) is 10.2. The maximum Gasteiger partial charge on any atom is 0.0564 e. The Bertz CT molecular complexity index is 308. The SMILES string of the molecule is CC(C)C1CCN(C(CN)c2cccs2)C1. The molecule has 1 aliphatic heterocycles. The molecule has 90 valence electrons. The number of thiophene rings is 1. The zero-order chi connectivity index (χ0) is 11.5. The average Bonchev–Trinajstić information content (AvgIpc) is 2.88. The molecule has 2 rings (SSSR count). The summed E-state index contributed by atoms with van der Waals surface area (Å²) < 4.78 is 0. The van der Waals surface area contributed by atoms with E-state index < -0.39 is 0 Å². The lowest BCUT2D eigenvalue weighted by atomic mass is 9.95. The van der Waals surface area contributed by atoms with Crippen LogP contribution >= 0.6 is 11.3 Å². The molecule has 0 amide bonds. The molecule has 0 spiro atoms. The van der Waals surface area contributed by atoms with Gasteiger partial charge < -0.3 is 5.73 Å². The summed E-state index contributed by atoms with van der Waals surface area (Å²) in [6.45, 7) is 7.83. The van der Waals surface area contributed by atoms with Crippen molar-refractivity contribution in [2.45, 2.75) is 26.3 Å². The summed E-state index contributed by atoms with van der Waals surface area (Å²) in [6.07, 6.45) is 1.33. The Balaban J connectivity index is 2.02. The average molecular weight is 238 g/mol. The Hall–Kier alpha value is -0.380. The van der Waals surface area contributed by atoms with E-state index in [9.17, 15) is 0 Å². The third-order valence-corrected chi connectivity index (χ3v) is 4.71. The molecule has 0 aromatic carbocycles. The van der Waals surface area contributed by atoms with E-state index >= 15 is 0 Å². The van der Waals surface area contributed by atoms with Gasteiger partial charge in [-0.1, -0.05) is 19.9 Å². The van der Waals surface area contributed by atoms with Gasteiger partial charge in [-0.25, -0.2) is 0 Å². The minimum absolute atomic E-state index is 0.448. The highest BCUT2D eigenvalue weighted by atomic mass is 32.1. The molecule has 1 fully saturated rings. The first-order valence-corrected chi connectivity index (χ1v) is 7.08. The van der Waals surface area contributed by atoms with Gasteiger partial charge in [-0.05, 0) is 36.2 Å². The predicted octanol–water partition coefficient (Wildman–Crippen LogP) is 2.73. The van der Waals surface area contributed by atoms with Crippen molar-refractivity contribution in [3.63, 3.8) is 0 Å². The van der Waals surface area contributed by atoms with Gasteiger partial charge in [0.15, 0.2) is 0 Å². The van der Waals surface area contributed by atoms with Gasteiger partial charge in [0, 0.05) is 18.0 Å². The fourth-order valence-corrected chi connectivity index (χ4v) is 3.44. The van der Waals surface area contributed by atoms with Crippen LogP contribution in [0.1, 0.15) is 31.2 Å². The van der Waals surface area contributed by atoms with Gasteiger partial charge in [-0.3, -0.25) is 4.90 Å². The molecule has 0 saturated carbocycles. The van der Waals surface area contributed by atoms with Gasteiger partial charge in [-0.2, -0.15) is 0 Å². The quantitative estimate of drug-likeness (QED) is 0.874. The van der Waals surface area contributed by atoms with Gasteiger partial charge in [0.25, 0.3) is 0 Å². The van der Waals surface area contributed by atoms with Gasteiger partial charge in [-0.15, -0.1) is 11.3 Å². The number of hydrogen-bond donors (Lipinski definition) is 1. The Labute approximate surface area is 102 Å². The van der Waals surface area contributed by atoms with Crippen LogP contribution in [-0.4, -0.2) is 24.5 Å². The monoisotopic (exact) mass is 238 g/mol. The third-order valence-electron chi connectivity index (χ3n) is 3.73. The topological polar surface area (TPSA) is 29.3 Å². The van der Waals surface area contributed by atoms with E-state index in [1.165, 1.54) is 24.4 Å². The van der Waals surface area contributed by atoms with Gasteiger partial charge in [0.1, 0.15) is 0 Å². The maximum atomic E-state index is 5.93. The molecule has 2 unspecified atom stereocenters. The zero-order valence-corrected chi connectivity index (χ0v) is 11.0. The largest absolute Gasteiger partial charge is 0.329 e. The molecule has 0 bridgehead atoms. The molecule has 1 aromatic rings. The normalized spacial score (nSPS) is 24.1. The predicted molar refractivity (Wildman–Crippen MR) is 70.6 cm³/mol.